The standard InChI is InChI=1S/C16H19FN4O2/c1-11-8-14(20-23-11)16(22)19-10-12-2-3-15(13(17)9-12)21-6-4-18-5-7-21/h2-3,8-9,18H,4-7,10H2,1H3,(H,19,22). The lowest BCUT2D eigenvalue weighted by Crippen LogP contribution is -2.43. The highest BCUT2D eigenvalue weighted by molar-refractivity contribution is 5.92. The van der Waals surface area contributed by atoms with Crippen LogP contribution in [0.4, 0.5) is 10.1 Å². The largest absolute Gasteiger partial charge is 0.367 e. The lowest BCUT2D eigenvalue weighted by atomic mass is 10.1. The maximum absolute atomic E-state index is 14.3. The van der Waals surface area contributed by atoms with E-state index in [0.717, 1.165) is 26.2 Å². The molecule has 6 nitrogen and oxygen atoms in total. The summed E-state index contributed by atoms with van der Waals surface area (Å²) >= 11 is 0. The fourth-order valence-electron chi connectivity index (χ4n) is 2.57. The molecule has 3 rings (SSSR count). The average Bonchev–Trinajstić information content (AvgIpc) is 3.00. The minimum Gasteiger partial charge on any atom is -0.367 e. The van der Waals surface area contributed by atoms with Crippen LogP contribution in [-0.4, -0.2) is 37.2 Å². The van der Waals surface area contributed by atoms with Crippen LogP contribution in [0.3, 0.4) is 0 Å². The Bertz CT molecular complexity index is 695. The summed E-state index contributed by atoms with van der Waals surface area (Å²) in [5.41, 5.74) is 1.53. The number of carbonyl (C=O) groups excluding carboxylic acids is 1. The maximum atomic E-state index is 14.3. The van der Waals surface area contributed by atoms with Crippen molar-refractivity contribution in [3.63, 3.8) is 0 Å². The second kappa shape index (κ2) is 6.78. The van der Waals surface area contributed by atoms with Crippen molar-refractivity contribution in [2.75, 3.05) is 31.1 Å². The van der Waals surface area contributed by atoms with Crippen LogP contribution in [0, 0.1) is 12.7 Å². The molecule has 1 saturated heterocycles. The zero-order chi connectivity index (χ0) is 16.2. The normalized spacial score (nSPS) is 14.8. The monoisotopic (exact) mass is 318 g/mol. The predicted molar refractivity (Wildman–Crippen MR) is 83.9 cm³/mol. The molecule has 1 aliphatic rings. The van der Waals surface area contributed by atoms with E-state index in [1.54, 1.807) is 19.1 Å². The lowest BCUT2D eigenvalue weighted by Gasteiger charge is -2.29. The molecule has 0 aliphatic carbocycles. The van der Waals surface area contributed by atoms with Gasteiger partial charge >= 0.3 is 0 Å². The molecule has 122 valence electrons. The number of aromatic nitrogens is 1. The summed E-state index contributed by atoms with van der Waals surface area (Å²) in [7, 11) is 0. The Labute approximate surface area is 133 Å². The molecule has 2 heterocycles. The van der Waals surface area contributed by atoms with Crippen LogP contribution in [0.2, 0.25) is 0 Å². The van der Waals surface area contributed by atoms with Gasteiger partial charge in [0.25, 0.3) is 5.91 Å². The van der Waals surface area contributed by atoms with Gasteiger partial charge in [-0.2, -0.15) is 0 Å². The van der Waals surface area contributed by atoms with Gasteiger partial charge in [-0.1, -0.05) is 11.2 Å². The van der Waals surface area contributed by atoms with Gasteiger partial charge in [0.1, 0.15) is 11.6 Å². The van der Waals surface area contributed by atoms with Gasteiger partial charge in [0.05, 0.1) is 5.69 Å². The summed E-state index contributed by atoms with van der Waals surface area (Å²) in [5.74, 6) is -0.0362. The highest BCUT2D eigenvalue weighted by Gasteiger charge is 2.15. The van der Waals surface area contributed by atoms with Gasteiger partial charge in [0, 0.05) is 38.8 Å². The van der Waals surface area contributed by atoms with E-state index in [4.69, 9.17) is 4.52 Å². The molecule has 1 aliphatic heterocycles. The summed E-state index contributed by atoms with van der Waals surface area (Å²) < 4.78 is 19.1. The van der Waals surface area contributed by atoms with E-state index in [0.29, 0.717) is 17.0 Å². The van der Waals surface area contributed by atoms with Crippen LogP contribution in [0.5, 0.6) is 0 Å². The molecule has 0 spiro atoms. The number of anilines is 1. The van der Waals surface area contributed by atoms with Gasteiger partial charge in [-0.3, -0.25) is 4.79 Å². The van der Waals surface area contributed by atoms with E-state index < -0.39 is 0 Å². The second-order valence-corrected chi connectivity index (χ2v) is 5.53. The number of piperazine rings is 1. The van der Waals surface area contributed by atoms with Gasteiger partial charge in [0.15, 0.2) is 5.69 Å². The first-order valence-corrected chi connectivity index (χ1v) is 7.59. The fraction of sp³-hybridized carbons (Fsp3) is 0.375. The number of rotatable bonds is 4. The minimum atomic E-state index is -0.339. The SMILES string of the molecule is Cc1cc(C(=O)NCc2ccc(N3CCNCC3)c(F)c2)no1. The highest BCUT2D eigenvalue weighted by atomic mass is 19.1. The number of carbonyl (C=O) groups is 1. The second-order valence-electron chi connectivity index (χ2n) is 5.53. The van der Waals surface area contributed by atoms with Crippen molar-refractivity contribution < 1.29 is 13.7 Å². The van der Waals surface area contributed by atoms with Gasteiger partial charge in [0.2, 0.25) is 0 Å². The number of nitrogens with zero attached hydrogens (tertiary/aromatic N) is 2. The first-order chi connectivity index (χ1) is 11.1. The third-order valence-electron chi connectivity index (χ3n) is 3.78. The number of benzene rings is 1. The summed E-state index contributed by atoms with van der Waals surface area (Å²) in [4.78, 5) is 13.9. The number of hydrogen-bond donors (Lipinski definition) is 2. The van der Waals surface area contributed by atoms with Crippen molar-refractivity contribution >= 4 is 11.6 Å². The smallest absolute Gasteiger partial charge is 0.273 e. The van der Waals surface area contributed by atoms with E-state index >= 15 is 0 Å². The summed E-state index contributed by atoms with van der Waals surface area (Å²) in [6.07, 6.45) is 0. The summed E-state index contributed by atoms with van der Waals surface area (Å²) in [6, 6.07) is 6.62. The Morgan fingerprint density at radius 1 is 1.39 bits per heavy atom. The van der Waals surface area contributed by atoms with E-state index in [9.17, 15) is 9.18 Å². The molecule has 1 aromatic heterocycles. The number of halogens is 1. The molecule has 2 aromatic rings. The summed E-state index contributed by atoms with van der Waals surface area (Å²) in [5, 5.41) is 9.59. The molecule has 1 aromatic carbocycles. The van der Waals surface area contributed by atoms with Crippen molar-refractivity contribution in [3.8, 4) is 0 Å². The maximum Gasteiger partial charge on any atom is 0.273 e. The molecule has 0 bridgehead atoms. The Morgan fingerprint density at radius 2 is 2.17 bits per heavy atom. The van der Waals surface area contributed by atoms with Crippen LogP contribution < -0.4 is 15.5 Å². The molecule has 0 radical (unpaired) electrons. The lowest BCUT2D eigenvalue weighted by molar-refractivity contribution is 0.0941. The number of nitrogens with one attached hydrogen (secondary N) is 2. The highest BCUT2D eigenvalue weighted by Crippen LogP contribution is 2.21. The van der Waals surface area contributed by atoms with Crippen LogP contribution in [0.25, 0.3) is 0 Å². The van der Waals surface area contributed by atoms with Gasteiger partial charge < -0.3 is 20.1 Å². The van der Waals surface area contributed by atoms with Crippen molar-refractivity contribution in [1.29, 1.82) is 0 Å². The van der Waals surface area contributed by atoms with E-state index in [2.05, 4.69) is 15.8 Å². The molecule has 2 N–H and O–H groups in total. The minimum absolute atomic E-state index is 0.223. The van der Waals surface area contributed by atoms with Crippen molar-refractivity contribution in [2.24, 2.45) is 0 Å². The van der Waals surface area contributed by atoms with E-state index in [1.165, 1.54) is 6.07 Å². The molecule has 0 saturated carbocycles. The van der Waals surface area contributed by atoms with Crippen molar-refractivity contribution in [3.05, 3.63) is 47.1 Å². The summed E-state index contributed by atoms with van der Waals surface area (Å²) in [6.45, 7) is 5.25. The zero-order valence-corrected chi connectivity index (χ0v) is 12.9. The van der Waals surface area contributed by atoms with Crippen LogP contribution in [0.15, 0.2) is 28.8 Å². The van der Waals surface area contributed by atoms with Gasteiger partial charge in [-0.25, -0.2) is 4.39 Å². The first-order valence-electron chi connectivity index (χ1n) is 7.59. The van der Waals surface area contributed by atoms with E-state index in [-0.39, 0.29) is 24.0 Å². The Balaban J connectivity index is 1.62. The molecule has 1 fully saturated rings. The van der Waals surface area contributed by atoms with Gasteiger partial charge in [-0.15, -0.1) is 0 Å². The third kappa shape index (κ3) is 3.68. The van der Waals surface area contributed by atoms with Crippen molar-refractivity contribution in [2.45, 2.75) is 13.5 Å². The van der Waals surface area contributed by atoms with Crippen LogP contribution in [-0.2, 0) is 6.54 Å². The third-order valence-corrected chi connectivity index (χ3v) is 3.78. The fourth-order valence-corrected chi connectivity index (χ4v) is 2.57. The molecule has 0 atom stereocenters. The Morgan fingerprint density at radius 3 is 2.83 bits per heavy atom. The molecule has 7 heteroatoms. The number of aryl methyl sites for hydroxylation is 1. The quantitative estimate of drug-likeness (QED) is 0.893. The van der Waals surface area contributed by atoms with Crippen LogP contribution >= 0.6 is 0 Å². The van der Waals surface area contributed by atoms with Crippen LogP contribution in [0.1, 0.15) is 21.8 Å². The molecule has 1 amide bonds. The zero-order valence-electron chi connectivity index (χ0n) is 12.9. The molecule has 0 unspecified atom stereocenters. The van der Waals surface area contributed by atoms with Crippen molar-refractivity contribution in [1.82, 2.24) is 15.8 Å². The Kier molecular flexibility index (Phi) is 4.57. The van der Waals surface area contributed by atoms with E-state index in [1.807, 2.05) is 11.0 Å². The molecular weight excluding hydrogens is 299 g/mol. The van der Waals surface area contributed by atoms with Gasteiger partial charge in [-0.05, 0) is 24.6 Å². The number of hydrogen-bond acceptors (Lipinski definition) is 5. The predicted octanol–water partition coefficient (Wildman–Crippen LogP) is 1.46. The molecule has 23 heavy (non-hydrogen) atoms. The first kappa shape index (κ1) is 15.5. The topological polar surface area (TPSA) is 70.4 Å². The molecular formula is C16H19FN4O2. The number of amides is 1. The average molecular weight is 318 g/mol. The Hall–Kier alpha value is -2.41.